The summed E-state index contributed by atoms with van der Waals surface area (Å²) in [7, 11) is 0. The van der Waals surface area contributed by atoms with Gasteiger partial charge in [-0.3, -0.25) is 0 Å². The highest BCUT2D eigenvalue weighted by Gasteiger charge is 2.14. The Morgan fingerprint density at radius 3 is 2.86 bits per heavy atom. The second kappa shape index (κ2) is 7.71. The Morgan fingerprint density at radius 1 is 1.43 bits per heavy atom. The van der Waals surface area contributed by atoms with E-state index in [1.54, 1.807) is 22.7 Å². The number of aromatic nitrogens is 1. The summed E-state index contributed by atoms with van der Waals surface area (Å²) in [6.45, 7) is 7.09. The smallest absolute Gasteiger partial charge is 0.110 e. The first-order valence-corrected chi connectivity index (χ1v) is 8.68. The zero-order valence-electron chi connectivity index (χ0n) is 12.6. The van der Waals surface area contributed by atoms with Crippen LogP contribution in [-0.4, -0.2) is 16.7 Å². The molecule has 0 aromatic carbocycles. The van der Waals surface area contributed by atoms with Crippen LogP contribution in [-0.2, 0) is 6.54 Å². The minimum absolute atomic E-state index is 0.0932. The van der Waals surface area contributed by atoms with Gasteiger partial charge in [-0.25, -0.2) is 4.98 Å². The summed E-state index contributed by atoms with van der Waals surface area (Å²) in [6.07, 6.45) is 1.02. The maximum atomic E-state index is 8.70. The lowest BCUT2D eigenvalue weighted by Gasteiger charge is -2.13. The highest BCUT2D eigenvalue weighted by atomic mass is 32.1. The van der Waals surface area contributed by atoms with Crippen molar-refractivity contribution in [1.82, 2.24) is 10.3 Å². The first-order chi connectivity index (χ1) is 10.1. The van der Waals surface area contributed by atoms with E-state index in [4.69, 9.17) is 5.11 Å². The molecule has 5 heteroatoms. The van der Waals surface area contributed by atoms with Crippen molar-refractivity contribution >= 4 is 22.7 Å². The molecule has 2 aromatic rings. The second-order valence-electron chi connectivity index (χ2n) is 4.80. The molecule has 0 aliphatic heterocycles. The minimum Gasteiger partial charge on any atom is -0.384 e. The fourth-order valence-corrected chi connectivity index (χ4v) is 3.81. The van der Waals surface area contributed by atoms with Gasteiger partial charge in [0.05, 0.1) is 11.7 Å². The maximum absolute atomic E-state index is 8.70. The number of aliphatic hydroxyl groups excluding tert-OH is 1. The van der Waals surface area contributed by atoms with Gasteiger partial charge in [0, 0.05) is 27.2 Å². The largest absolute Gasteiger partial charge is 0.384 e. The van der Waals surface area contributed by atoms with Gasteiger partial charge in [-0.05, 0) is 26.3 Å². The molecule has 2 N–H and O–H groups in total. The molecule has 1 atom stereocenters. The van der Waals surface area contributed by atoms with Crippen molar-refractivity contribution in [2.75, 3.05) is 6.61 Å². The van der Waals surface area contributed by atoms with E-state index < -0.39 is 0 Å². The molecule has 112 valence electrons. The van der Waals surface area contributed by atoms with Crippen molar-refractivity contribution < 1.29 is 5.11 Å². The third kappa shape index (κ3) is 4.39. The number of rotatable bonds is 5. The zero-order chi connectivity index (χ0) is 15.2. The van der Waals surface area contributed by atoms with Crippen molar-refractivity contribution in [2.24, 2.45) is 0 Å². The van der Waals surface area contributed by atoms with Crippen LogP contribution in [0.1, 0.15) is 45.4 Å². The molecule has 0 saturated heterocycles. The summed E-state index contributed by atoms with van der Waals surface area (Å²) in [5.41, 5.74) is 2.10. The SMILES string of the molecule is CCC(NCc1cc(C#CCO)cs1)c1nc(C)c(C)s1. The van der Waals surface area contributed by atoms with Crippen molar-refractivity contribution in [3.63, 3.8) is 0 Å². The predicted octanol–water partition coefficient (Wildman–Crippen LogP) is 3.41. The average molecular weight is 320 g/mol. The number of thiophene rings is 1. The molecule has 0 bridgehead atoms. The Hall–Kier alpha value is -1.19. The summed E-state index contributed by atoms with van der Waals surface area (Å²) >= 11 is 3.47. The number of hydrogen-bond acceptors (Lipinski definition) is 5. The zero-order valence-corrected chi connectivity index (χ0v) is 14.2. The first kappa shape index (κ1) is 16.2. The standard InChI is InChI=1S/C16H20N2OS2/c1-4-15(16-18-11(2)12(3)21-16)17-9-14-8-13(10-20-14)6-5-7-19/h8,10,15,17,19H,4,7,9H2,1-3H3. The number of aryl methyl sites for hydroxylation is 2. The van der Waals surface area contributed by atoms with Gasteiger partial charge in [-0.15, -0.1) is 22.7 Å². The molecule has 0 amide bonds. The number of hydrogen-bond donors (Lipinski definition) is 2. The molecule has 2 rings (SSSR count). The van der Waals surface area contributed by atoms with Crippen LogP contribution in [0.4, 0.5) is 0 Å². The minimum atomic E-state index is -0.0932. The van der Waals surface area contributed by atoms with Gasteiger partial charge in [-0.2, -0.15) is 0 Å². The van der Waals surface area contributed by atoms with Crippen LogP contribution >= 0.6 is 22.7 Å². The Balaban J connectivity index is 1.98. The highest BCUT2D eigenvalue weighted by molar-refractivity contribution is 7.11. The van der Waals surface area contributed by atoms with Crippen molar-refractivity contribution in [2.45, 2.75) is 39.8 Å². The molecule has 21 heavy (non-hydrogen) atoms. The van der Waals surface area contributed by atoms with Crippen LogP contribution in [0.15, 0.2) is 11.4 Å². The maximum Gasteiger partial charge on any atom is 0.110 e. The van der Waals surface area contributed by atoms with E-state index in [0.717, 1.165) is 24.2 Å². The predicted molar refractivity (Wildman–Crippen MR) is 89.7 cm³/mol. The summed E-state index contributed by atoms with van der Waals surface area (Å²) in [5.74, 6) is 5.60. The molecule has 2 heterocycles. The molecular weight excluding hydrogens is 300 g/mol. The van der Waals surface area contributed by atoms with Crippen LogP contribution in [0.3, 0.4) is 0 Å². The summed E-state index contributed by atoms with van der Waals surface area (Å²) in [5, 5.41) is 15.5. The van der Waals surface area contributed by atoms with Gasteiger partial charge in [0.25, 0.3) is 0 Å². The van der Waals surface area contributed by atoms with Gasteiger partial charge in [0.2, 0.25) is 0 Å². The highest BCUT2D eigenvalue weighted by Crippen LogP contribution is 2.25. The van der Waals surface area contributed by atoms with Gasteiger partial charge in [0.1, 0.15) is 11.6 Å². The monoisotopic (exact) mass is 320 g/mol. The molecule has 0 aliphatic carbocycles. The summed E-state index contributed by atoms with van der Waals surface area (Å²) < 4.78 is 0. The van der Waals surface area contributed by atoms with Crippen LogP contribution in [0.2, 0.25) is 0 Å². The van der Waals surface area contributed by atoms with E-state index >= 15 is 0 Å². The molecule has 0 saturated carbocycles. The fraction of sp³-hybridized carbons (Fsp3) is 0.438. The van der Waals surface area contributed by atoms with E-state index in [9.17, 15) is 0 Å². The fourth-order valence-electron chi connectivity index (χ4n) is 1.96. The average Bonchev–Trinajstić information content (AvgIpc) is 3.05. The van der Waals surface area contributed by atoms with Gasteiger partial charge in [-0.1, -0.05) is 18.8 Å². The van der Waals surface area contributed by atoms with Crippen LogP contribution in [0.5, 0.6) is 0 Å². The van der Waals surface area contributed by atoms with Crippen molar-refractivity contribution in [3.8, 4) is 11.8 Å². The molecule has 0 fully saturated rings. The van der Waals surface area contributed by atoms with Crippen molar-refractivity contribution in [1.29, 1.82) is 0 Å². The molecule has 2 aromatic heterocycles. The third-order valence-corrected chi connectivity index (χ3v) is 5.36. The molecular formula is C16H20N2OS2. The number of nitrogens with one attached hydrogen (secondary N) is 1. The first-order valence-electron chi connectivity index (χ1n) is 6.98. The van der Waals surface area contributed by atoms with E-state index in [2.05, 4.69) is 49.0 Å². The number of thiazole rings is 1. The quantitative estimate of drug-likeness (QED) is 0.830. The Bertz CT molecular complexity index is 629. The van der Waals surface area contributed by atoms with Crippen LogP contribution in [0.25, 0.3) is 0 Å². The molecule has 0 spiro atoms. The van der Waals surface area contributed by atoms with E-state index in [1.807, 2.05) is 5.38 Å². The van der Waals surface area contributed by atoms with Crippen LogP contribution in [0, 0.1) is 25.7 Å². The van der Waals surface area contributed by atoms with E-state index in [1.165, 1.54) is 14.8 Å². The second-order valence-corrected chi connectivity index (χ2v) is 7.03. The van der Waals surface area contributed by atoms with Gasteiger partial charge < -0.3 is 10.4 Å². The van der Waals surface area contributed by atoms with E-state index in [0.29, 0.717) is 6.04 Å². The topological polar surface area (TPSA) is 45.1 Å². The molecule has 3 nitrogen and oxygen atoms in total. The Labute approximate surface area is 134 Å². The molecule has 1 unspecified atom stereocenters. The lowest BCUT2D eigenvalue weighted by atomic mass is 10.2. The lowest BCUT2D eigenvalue weighted by Crippen LogP contribution is -2.19. The Kier molecular flexibility index (Phi) is 5.95. The summed E-state index contributed by atoms with van der Waals surface area (Å²) in [6, 6.07) is 2.38. The number of aliphatic hydroxyl groups is 1. The summed E-state index contributed by atoms with van der Waals surface area (Å²) in [4.78, 5) is 7.19. The Morgan fingerprint density at radius 2 is 2.24 bits per heavy atom. The third-order valence-electron chi connectivity index (χ3n) is 3.24. The number of nitrogens with zero attached hydrogens (tertiary/aromatic N) is 1. The van der Waals surface area contributed by atoms with Gasteiger partial charge in [0.15, 0.2) is 0 Å². The normalized spacial score (nSPS) is 12.0. The van der Waals surface area contributed by atoms with Crippen LogP contribution < -0.4 is 5.32 Å². The van der Waals surface area contributed by atoms with Gasteiger partial charge >= 0.3 is 0 Å². The molecule has 0 radical (unpaired) electrons. The molecule has 0 aliphatic rings. The van der Waals surface area contributed by atoms with E-state index in [-0.39, 0.29) is 6.61 Å². The lowest BCUT2D eigenvalue weighted by molar-refractivity contribution is 0.350. The van der Waals surface area contributed by atoms with Crippen molar-refractivity contribution in [3.05, 3.63) is 37.5 Å².